The molecule has 0 saturated heterocycles. The second kappa shape index (κ2) is 8.14. The number of halogens is 1. The fraction of sp³-hybridized carbons (Fsp3) is 0.120. The highest BCUT2D eigenvalue weighted by Crippen LogP contribution is 2.34. The van der Waals surface area contributed by atoms with Crippen LogP contribution in [-0.2, 0) is 6.42 Å². The Bertz CT molecular complexity index is 1630. The molecule has 5 aromatic rings. The van der Waals surface area contributed by atoms with Crippen molar-refractivity contribution in [3.8, 4) is 28.1 Å². The quantitative estimate of drug-likeness (QED) is 0.342. The summed E-state index contributed by atoms with van der Waals surface area (Å²) in [6, 6.07) is 15.6. The lowest BCUT2D eigenvalue weighted by molar-refractivity contribution is 0.0697. The monoisotopic (exact) mass is 486 g/mol. The van der Waals surface area contributed by atoms with E-state index in [1.165, 1.54) is 0 Å². The van der Waals surface area contributed by atoms with Crippen LogP contribution in [0.4, 0.5) is 0 Å². The van der Waals surface area contributed by atoms with Gasteiger partial charge in [0.05, 0.1) is 29.2 Å². The summed E-state index contributed by atoms with van der Waals surface area (Å²) in [5.41, 5.74) is 4.89. The first kappa shape index (κ1) is 21.2. The summed E-state index contributed by atoms with van der Waals surface area (Å²) in [7, 11) is 0. The molecule has 1 aliphatic rings. The van der Waals surface area contributed by atoms with E-state index < -0.39 is 5.97 Å². The van der Waals surface area contributed by atoms with Crippen LogP contribution in [0.15, 0.2) is 71.9 Å². The number of fused-ring (bicyclic) bond motifs is 1. The minimum Gasteiger partial charge on any atom is -0.478 e. The summed E-state index contributed by atoms with van der Waals surface area (Å²) in [4.78, 5) is 32.4. The molecular weight excluding hydrogens is 468 g/mol. The molecule has 1 atom stereocenters. The molecule has 0 bridgehead atoms. The third-order valence-electron chi connectivity index (χ3n) is 6.33. The Labute approximate surface area is 203 Å². The molecule has 0 saturated carbocycles. The summed E-state index contributed by atoms with van der Waals surface area (Å²) >= 11 is 6.27. The second-order valence-corrected chi connectivity index (χ2v) is 8.88. The number of aryl methyl sites for hydroxylation is 1. The van der Waals surface area contributed by atoms with Gasteiger partial charge in [0.25, 0.3) is 5.56 Å². The molecule has 0 spiro atoms. The van der Waals surface area contributed by atoms with Crippen molar-refractivity contribution in [3.63, 3.8) is 0 Å². The molecule has 0 aliphatic carbocycles. The molecule has 1 aliphatic heterocycles. The molecule has 3 aromatic heterocycles. The Hall–Kier alpha value is -4.37. The highest BCUT2D eigenvalue weighted by Gasteiger charge is 2.28. The Morgan fingerprint density at radius 3 is 2.74 bits per heavy atom. The zero-order chi connectivity index (χ0) is 24.1. The predicted molar refractivity (Wildman–Crippen MR) is 130 cm³/mol. The lowest BCUT2D eigenvalue weighted by atomic mass is 10.0. The van der Waals surface area contributed by atoms with Crippen LogP contribution in [0.3, 0.4) is 0 Å². The lowest BCUT2D eigenvalue weighted by Gasteiger charge is -2.16. The number of aromatic carboxylic acids is 1. The number of rotatable bonds is 5. The number of carboxylic acid groups (broad SMARTS) is 1. The number of H-pyrrole nitrogens is 2. The van der Waals surface area contributed by atoms with Crippen LogP contribution in [0, 0.1) is 0 Å². The third-order valence-corrected chi connectivity index (χ3v) is 6.57. The van der Waals surface area contributed by atoms with E-state index >= 15 is 0 Å². The molecule has 174 valence electrons. The Morgan fingerprint density at radius 1 is 1.11 bits per heavy atom. The van der Waals surface area contributed by atoms with Gasteiger partial charge in [-0.15, -0.1) is 5.10 Å². The largest absolute Gasteiger partial charge is 0.478 e. The van der Waals surface area contributed by atoms with Crippen LogP contribution in [0.1, 0.15) is 34.3 Å². The van der Waals surface area contributed by atoms with Gasteiger partial charge in [0, 0.05) is 27.9 Å². The van der Waals surface area contributed by atoms with Gasteiger partial charge in [-0.3, -0.25) is 4.79 Å². The van der Waals surface area contributed by atoms with Crippen molar-refractivity contribution in [2.75, 3.05) is 0 Å². The summed E-state index contributed by atoms with van der Waals surface area (Å²) in [5, 5.41) is 16.6. The van der Waals surface area contributed by atoms with Crippen molar-refractivity contribution in [2.45, 2.75) is 18.9 Å². The highest BCUT2D eigenvalue weighted by molar-refractivity contribution is 6.31. The first-order chi connectivity index (χ1) is 17.0. The number of imidazole rings is 1. The lowest BCUT2D eigenvalue weighted by Crippen LogP contribution is -2.24. The number of benzene rings is 2. The summed E-state index contributed by atoms with van der Waals surface area (Å²) < 4.78 is 3.54. The smallest absolute Gasteiger partial charge is 0.335 e. The number of hydrogen-bond acceptors (Lipinski definition) is 4. The zero-order valence-corrected chi connectivity index (χ0v) is 19.0. The number of nitrogens with zero attached hydrogens (tertiary/aromatic N) is 4. The molecule has 2 aromatic carbocycles. The molecule has 3 N–H and O–H groups in total. The Kier molecular flexibility index (Phi) is 4.93. The van der Waals surface area contributed by atoms with E-state index in [-0.39, 0.29) is 17.2 Å². The van der Waals surface area contributed by atoms with Gasteiger partial charge in [0.1, 0.15) is 12.2 Å². The molecule has 4 heterocycles. The van der Waals surface area contributed by atoms with Gasteiger partial charge in [0.15, 0.2) is 0 Å². The molecule has 0 fully saturated rings. The molecule has 0 amide bonds. The predicted octanol–water partition coefficient (Wildman–Crippen LogP) is 4.31. The van der Waals surface area contributed by atoms with E-state index in [9.17, 15) is 14.7 Å². The molecule has 0 radical (unpaired) electrons. The molecule has 6 rings (SSSR count). The van der Waals surface area contributed by atoms with Crippen molar-refractivity contribution in [3.05, 3.63) is 99.6 Å². The number of carboxylic acids is 1. The minimum absolute atomic E-state index is 0.123. The van der Waals surface area contributed by atoms with E-state index in [1.807, 2.05) is 24.3 Å². The second-order valence-electron chi connectivity index (χ2n) is 8.44. The number of hydrogen-bond donors (Lipinski definition) is 3. The van der Waals surface area contributed by atoms with Gasteiger partial charge in [-0.2, -0.15) is 0 Å². The molecule has 10 heteroatoms. The normalized spacial score (nSPS) is 14.8. The van der Waals surface area contributed by atoms with E-state index in [0.717, 1.165) is 40.9 Å². The van der Waals surface area contributed by atoms with Crippen molar-refractivity contribution >= 4 is 17.6 Å². The number of nitrogens with one attached hydrogen (secondary N) is 2. The maximum absolute atomic E-state index is 13.3. The summed E-state index contributed by atoms with van der Waals surface area (Å²) in [6.45, 7) is 0. The molecular formula is C25H19ClN6O3. The van der Waals surface area contributed by atoms with Crippen molar-refractivity contribution < 1.29 is 9.90 Å². The van der Waals surface area contributed by atoms with Crippen LogP contribution in [0.25, 0.3) is 28.1 Å². The van der Waals surface area contributed by atoms with E-state index in [1.54, 1.807) is 52.1 Å². The van der Waals surface area contributed by atoms with Gasteiger partial charge in [0.2, 0.25) is 0 Å². The van der Waals surface area contributed by atoms with Crippen LogP contribution in [0.5, 0.6) is 0 Å². The maximum atomic E-state index is 13.3. The standard InChI is InChI=1S/C25H19ClN6O3/c26-17-4-6-21(31-13-28-30-31)19(11-17)16-9-18-5-7-22(32(18)23(33)10-16)24-27-12-20(29-24)14-2-1-3-15(8-14)25(34)35/h1-4,6,8-13,22,30H,5,7H2,(H,27,29)(H,34,35)/t22-/m0/s1. The van der Waals surface area contributed by atoms with Gasteiger partial charge in [-0.25, -0.2) is 19.7 Å². The van der Waals surface area contributed by atoms with Crippen LogP contribution in [-0.4, -0.2) is 40.6 Å². The van der Waals surface area contributed by atoms with E-state index in [0.29, 0.717) is 16.5 Å². The number of aromatic amines is 2. The van der Waals surface area contributed by atoms with Gasteiger partial charge in [-0.1, -0.05) is 23.7 Å². The molecule has 9 nitrogen and oxygen atoms in total. The number of aromatic nitrogens is 6. The molecule has 0 unspecified atom stereocenters. The molecule has 35 heavy (non-hydrogen) atoms. The maximum Gasteiger partial charge on any atom is 0.335 e. The fourth-order valence-corrected chi connectivity index (χ4v) is 4.84. The Morgan fingerprint density at radius 2 is 1.97 bits per heavy atom. The average molecular weight is 487 g/mol. The van der Waals surface area contributed by atoms with Crippen molar-refractivity contribution in [1.82, 2.24) is 29.5 Å². The number of pyridine rings is 1. The van der Waals surface area contributed by atoms with E-state index in [2.05, 4.69) is 20.3 Å². The van der Waals surface area contributed by atoms with Crippen LogP contribution >= 0.6 is 11.6 Å². The third kappa shape index (κ3) is 3.66. The summed E-state index contributed by atoms with van der Waals surface area (Å²) in [5.74, 6) is -0.322. The first-order valence-corrected chi connectivity index (χ1v) is 11.4. The van der Waals surface area contributed by atoms with Crippen molar-refractivity contribution in [1.29, 1.82) is 0 Å². The highest BCUT2D eigenvalue weighted by atomic mass is 35.5. The topological polar surface area (TPSA) is 122 Å². The van der Waals surface area contributed by atoms with Gasteiger partial charge in [-0.05, 0) is 54.8 Å². The Balaban J connectivity index is 1.37. The minimum atomic E-state index is -0.987. The summed E-state index contributed by atoms with van der Waals surface area (Å²) in [6.07, 6.45) is 4.78. The van der Waals surface area contributed by atoms with Crippen LogP contribution < -0.4 is 5.56 Å². The average Bonchev–Trinajstić information content (AvgIpc) is 3.46. The first-order valence-electron chi connectivity index (χ1n) is 11.0. The SMILES string of the molecule is O=C(O)c1cccc(-c2cnc([C@@H]3CCc4cc(-c5cc(Cl)ccc5-n5cn[nH]5)cc(=O)n43)[nH]2)c1. The van der Waals surface area contributed by atoms with E-state index in [4.69, 9.17) is 11.6 Å². The van der Waals surface area contributed by atoms with Crippen molar-refractivity contribution in [2.24, 2.45) is 0 Å². The zero-order valence-electron chi connectivity index (χ0n) is 18.3. The fourth-order valence-electron chi connectivity index (χ4n) is 4.66. The van der Waals surface area contributed by atoms with Gasteiger partial charge < -0.3 is 14.7 Å². The number of carbonyl (C=O) groups is 1. The van der Waals surface area contributed by atoms with Gasteiger partial charge >= 0.3 is 5.97 Å². The van der Waals surface area contributed by atoms with Crippen LogP contribution in [0.2, 0.25) is 5.02 Å².